The maximum atomic E-state index is 12.9. The van der Waals surface area contributed by atoms with Gasteiger partial charge in [0.15, 0.2) is 6.10 Å². The van der Waals surface area contributed by atoms with Crippen molar-refractivity contribution in [2.24, 2.45) is 0 Å². The van der Waals surface area contributed by atoms with Crippen molar-refractivity contribution < 1.29 is 28.6 Å². The summed E-state index contributed by atoms with van der Waals surface area (Å²) in [7, 11) is 0. The summed E-state index contributed by atoms with van der Waals surface area (Å²) in [5, 5.41) is 0. The van der Waals surface area contributed by atoms with Gasteiger partial charge < -0.3 is 14.2 Å². The minimum atomic E-state index is -0.785. The molecule has 79 heavy (non-hydrogen) atoms. The Kier molecular flexibility index (Phi) is 63.3. The first-order valence-electron chi connectivity index (χ1n) is 33.4. The number of unbranched alkanes of at least 4 members (excludes halogenated alkanes) is 31. The van der Waals surface area contributed by atoms with E-state index in [9.17, 15) is 14.4 Å². The Labute approximate surface area is 489 Å². The first-order chi connectivity index (χ1) is 39.0. The normalized spacial score (nSPS) is 12.8. The van der Waals surface area contributed by atoms with Crippen molar-refractivity contribution in [1.82, 2.24) is 0 Å². The number of hydrogen-bond acceptors (Lipinski definition) is 6. The third-order valence-corrected chi connectivity index (χ3v) is 14.2. The highest BCUT2D eigenvalue weighted by molar-refractivity contribution is 5.71. The van der Waals surface area contributed by atoms with E-state index in [1.165, 1.54) is 154 Å². The molecule has 0 radical (unpaired) electrons. The fourth-order valence-electron chi connectivity index (χ4n) is 9.24. The summed E-state index contributed by atoms with van der Waals surface area (Å²) in [4.78, 5) is 38.2. The molecule has 0 saturated carbocycles. The van der Waals surface area contributed by atoms with E-state index in [1.807, 2.05) is 0 Å². The molecule has 0 aromatic heterocycles. The fraction of sp³-hybridized carbons (Fsp3) is 0.712. The summed E-state index contributed by atoms with van der Waals surface area (Å²) in [5.74, 6) is -0.893. The fourth-order valence-corrected chi connectivity index (χ4v) is 9.24. The highest BCUT2D eigenvalue weighted by Crippen LogP contribution is 2.16. The van der Waals surface area contributed by atoms with Crippen molar-refractivity contribution in [3.05, 3.63) is 109 Å². The number of hydrogen-bond donors (Lipinski definition) is 0. The van der Waals surface area contributed by atoms with Crippen LogP contribution in [0.25, 0.3) is 0 Å². The highest BCUT2D eigenvalue weighted by Gasteiger charge is 2.19. The van der Waals surface area contributed by atoms with Crippen LogP contribution < -0.4 is 0 Å². The molecule has 6 heteroatoms. The molecule has 1 atom stereocenters. The Morgan fingerprint density at radius 3 is 0.810 bits per heavy atom. The van der Waals surface area contributed by atoms with E-state index in [-0.39, 0.29) is 31.1 Å². The lowest BCUT2D eigenvalue weighted by atomic mass is 10.0. The third kappa shape index (κ3) is 64.8. The maximum Gasteiger partial charge on any atom is 0.306 e. The van der Waals surface area contributed by atoms with Crippen LogP contribution in [0.3, 0.4) is 0 Å². The van der Waals surface area contributed by atoms with Gasteiger partial charge >= 0.3 is 17.9 Å². The van der Waals surface area contributed by atoms with Gasteiger partial charge in [-0.3, -0.25) is 14.4 Å². The van der Waals surface area contributed by atoms with Gasteiger partial charge in [-0.05, 0) is 128 Å². The number of ether oxygens (including phenoxy) is 3. The van der Waals surface area contributed by atoms with E-state index >= 15 is 0 Å². The van der Waals surface area contributed by atoms with Gasteiger partial charge in [0.2, 0.25) is 0 Å². The molecular weight excluding hydrogens is 973 g/mol. The molecule has 0 amide bonds. The number of carbonyl (C=O) groups excluding carboxylic acids is 3. The number of allylic oxidation sites excluding steroid dienone is 18. The van der Waals surface area contributed by atoms with E-state index in [0.29, 0.717) is 19.3 Å². The standard InChI is InChI=1S/C73H124O6/c1-4-7-10-13-16-19-22-25-27-28-29-30-31-32-33-34-35-36-37-38-39-40-41-42-43-44-45-46-47-49-51-54-57-60-63-66-72(75)78-69-70(68-77-71(74)65-62-59-56-53-50-24-21-18-15-12-9-6-3)79-73(76)67-64-61-58-55-52-48-26-23-20-17-14-11-8-5-2/h7,10,16,18-19,21,23,25-27,29-30,32-33,35-36,38-39,70H,4-6,8-9,11-15,17,20,22,24,28,31,34,37,40-69H2,1-3H3/b10-7-,19-16-,21-18-,26-23-,27-25-,30-29-,33-32-,36-35-,39-38-. The van der Waals surface area contributed by atoms with Gasteiger partial charge in [-0.2, -0.15) is 0 Å². The zero-order valence-corrected chi connectivity index (χ0v) is 51.9. The lowest BCUT2D eigenvalue weighted by Gasteiger charge is -2.18. The lowest BCUT2D eigenvalue weighted by molar-refractivity contribution is -0.167. The summed E-state index contributed by atoms with van der Waals surface area (Å²) in [6, 6.07) is 0. The monoisotopic (exact) mass is 1100 g/mol. The molecule has 0 aromatic carbocycles. The molecule has 0 bridgehead atoms. The highest BCUT2D eigenvalue weighted by atomic mass is 16.6. The van der Waals surface area contributed by atoms with Crippen LogP contribution >= 0.6 is 0 Å². The molecule has 0 rings (SSSR count). The predicted octanol–water partition coefficient (Wildman–Crippen LogP) is 23.0. The second-order valence-corrected chi connectivity index (χ2v) is 22.0. The van der Waals surface area contributed by atoms with Crippen LogP contribution in [-0.4, -0.2) is 37.2 Å². The first-order valence-corrected chi connectivity index (χ1v) is 33.4. The first kappa shape index (κ1) is 75.1. The Balaban J connectivity index is 4.15. The molecule has 0 N–H and O–H groups in total. The smallest absolute Gasteiger partial charge is 0.306 e. The molecule has 0 aromatic rings. The minimum absolute atomic E-state index is 0.0825. The molecule has 0 aliphatic rings. The van der Waals surface area contributed by atoms with Crippen molar-refractivity contribution >= 4 is 17.9 Å². The van der Waals surface area contributed by atoms with Crippen molar-refractivity contribution in [2.45, 2.75) is 322 Å². The second-order valence-electron chi connectivity index (χ2n) is 22.0. The number of carbonyl (C=O) groups is 3. The van der Waals surface area contributed by atoms with Crippen LogP contribution in [0.1, 0.15) is 316 Å². The largest absolute Gasteiger partial charge is 0.462 e. The summed E-state index contributed by atoms with van der Waals surface area (Å²) < 4.78 is 16.9. The molecule has 0 saturated heterocycles. The minimum Gasteiger partial charge on any atom is -0.462 e. The molecule has 452 valence electrons. The third-order valence-electron chi connectivity index (χ3n) is 14.2. The van der Waals surface area contributed by atoms with Crippen LogP contribution in [-0.2, 0) is 28.6 Å². The van der Waals surface area contributed by atoms with Crippen LogP contribution in [0.4, 0.5) is 0 Å². The predicted molar refractivity (Wildman–Crippen MR) is 343 cm³/mol. The summed E-state index contributed by atoms with van der Waals surface area (Å²) in [6.45, 7) is 6.49. The summed E-state index contributed by atoms with van der Waals surface area (Å²) >= 11 is 0. The van der Waals surface area contributed by atoms with Gasteiger partial charge in [-0.25, -0.2) is 0 Å². The van der Waals surface area contributed by atoms with Gasteiger partial charge in [-0.15, -0.1) is 0 Å². The van der Waals surface area contributed by atoms with Crippen LogP contribution in [0.2, 0.25) is 0 Å². The van der Waals surface area contributed by atoms with Gasteiger partial charge in [0.25, 0.3) is 0 Å². The van der Waals surface area contributed by atoms with E-state index in [4.69, 9.17) is 14.2 Å². The van der Waals surface area contributed by atoms with Crippen LogP contribution in [0.15, 0.2) is 109 Å². The van der Waals surface area contributed by atoms with Crippen LogP contribution in [0.5, 0.6) is 0 Å². The van der Waals surface area contributed by atoms with Gasteiger partial charge in [0, 0.05) is 19.3 Å². The van der Waals surface area contributed by atoms with E-state index in [2.05, 4.69) is 130 Å². The molecule has 1 unspecified atom stereocenters. The summed E-state index contributed by atoms with van der Waals surface area (Å²) in [6.07, 6.45) is 91.1. The lowest BCUT2D eigenvalue weighted by Crippen LogP contribution is -2.30. The zero-order chi connectivity index (χ0) is 57.1. The van der Waals surface area contributed by atoms with E-state index in [1.54, 1.807) is 0 Å². The number of esters is 3. The van der Waals surface area contributed by atoms with Gasteiger partial charge in [0.1, 0.15) is 13.2 Å². The topological polar surface area (TPSA) is 78.9 Å². The molecular formula is C73H124O6. The van der Waals surface area contributed by atoms with Crippen molar-refractivity contribution in [2.75, 3.05) is 13.2 Å². The zero-order valence-electron chi connectivity index (χ0n) is 51.9. The average Bonchev–Trinajstić information content (AvgIpc) is 3.45. The van der Waals surface area contributed by atoms with Crippen molar-refractivity contribution in [3.63, 3.8) is 0 Å². The average molecular weight is 1100 g/mol. The molecule has 0 aliphatic carbocycles. The quantitative estimate of drug-likeness (QED) is 0.0261. The molecule has 6 nitrogen and oxygen atoms in total. The molecule has 0 spiro atoms. The van der Waals surface area contributed by atoms with Crippen LogP contribution in [0, 0.1) is 0 Å². The second kappa shape index (κ2) is 66.6. The summed E-state index contributed by atoms with van der Waals surface area (Å²) in [5.41, 5.74) is 0. The van der Waals surface area contributed by atoms with Gasteiger partial charge in [-0.1, -0.05) is 278 Å². The molecule has 0 aliphatic heterocycles. The molecule has 0 heterocycles. The number of rotatable bonds is 60. The Bertz CT molecular complexity index is 1590. The van der Waals surface area contributed by atoms with Gasteiger partial charge in [0.05, 0.1) is 0 Å². The van der Waals surface area contributed by atoms with E-state index in [0.717, 1.165) is 122 Å². The maximum absolute atomic E-state index is 12.9. The van der Waals surface area contributed by atoms with Crippen molar-refractivity contribution in [1.29, 1.82) is 0 Å². The SMILES string of the molecule is CC/C=C\C/C=C\C/C=C\C/C=C\C/C=C\C/C=C\C/C=C\CCCCCCCCCCCCCCCC(=O)OCC(COC(=O)CCCCCCC/C=C\CCCCC)OC(=O)CCCCCCC/C=C\CCCCCCC. The Morgan fingerprint density at radius 2 is 0.494 bits per heavy atom. The van der Waals surface area contributed by atoms with E-state index < -0.39 is 6.10 Å². The molecule has 0 fully saturated rings. The Morgan fingerprint density at radius 1 is 0.266 bits per heavy atom. The Hall–Kier alpha value is -3.93. The van der Waals surface area contributed by atoms with Crippen molar-refractivity contribution in [3.8, 4) is 0 Å².